The number of H-pyrrole nitrogens is 1. The SMILES string of the molecule is COc1ccccc1C(=O)NC[C@@H]1C=C(C)[C@H](Cc2nc3ccncc3[nH]2)C[C@H]1C(C)C. The maximum Gasteiger partial charge on any atom is 0.255 e. The van der Waals surface area contributed by atoms with E-state index in [1.54, 1.807) is 19.4 Å². The fraction of sp³-hybridized carbons (Fsp3) is 0.423. The molecule has 3 aromatic rings. The summed E-state index contributed by atoms with van der Waals surface area (Å²) in [7, 11) is 1.59. The second-order valence-corrected chi connectivity index (χ2v) is 9.11. The zero-order chi connectivity index (χ0) is 22.7. The summed E-state index contributed by atoms with van der Waals surface area (Å²) < 4.78 is 5.34. The Labute approximate surface area is 189 Å². The lowest BCUT2D eigenvalue weighted by molar-refractivity contribution is 0.0936. The molecule has 1 amide bonds. The Morgan fingerprint density at radius 3 is 2.84 bits per heavy atom. The molecule has 0 saturated heterocycles. The monoisotopic (exact) mass is 432 g/mol. The molecule has 32 heavy (non-hydrogen) atoms. The molecule has 2 heterocycles. The number of benzene rings is 1. The van der Waals surface area contributed by atoms with Gasteiger partial charge in [-0.1, -0.05) is 37.6 Å². The number of fused-ring (bicyclic) bond motifs is 1. The second-order valence-electron chi connectivity index (χ2n) is 9.11. The Morgan fingerprint density at radius 1 is 1.28 bits per heavy atom. The first kappa shape index (κ1) is 22.1. The summed E-state index contributed by atoms with van der Waals surface area (Å²) in [5.41, 5.74) is 3.89. The fourth-order valence-corrected chi connectivity index (χ4v) is 4.89. The standard InChI is InChI=1S/C26H32N4O2/c1-16(2)21-12-18(13-25-29-22-9-10-27-15-23(22)30-25)17(3)11-19(21)14-28-26(31)20-7-5-6-8-24(20)32-4/h5-11,15-16,18-19,21H,12-14H2,1-4H3,(H,28,31)(H,29,30)/t18-,19-,21-/m0/s1. The molecule has 0 aliphatic heterocycles. The van der Waals surface area contributed by atoms with E-state index in [0.717, 1.165) is 29.7 Å². The van der Waals surface area contributed by atoms with Crippen LogP contribution < -0.4 is 10.1 Å². The van der Waals surface area contributed by atoms with Gasteiger partial charge in [0, 0.05) is 19.2 Å². The van der Waals surface area contributed by atoms with E-state index >= 15 is 0 Å². The summed E-state index contributed by atoms with van der Waals surface area (Å²) >= 11 is 0. The summed E-state index contributed by atoms with van der Waals surface area (Å²) in [5.74, 6) is 3.29. The Morgan fingerprint density at radius 2 is 2.09 bits per heavy atom. The first-order chi connectivity index (χ1) is 15.5. The second kappa shape index (κ2) is 9.55. The van der Waals surface area contributed by atoms with E-state index in [9.17, 15) is 4.79 Å². The van der Waals surface area contributed by atoms with Gasteiger partial charge >= 0.3 is 0 Å². The third kappa shape index (κ3) is 4.69. The molecule has 0 unspecified atom stereocenters. The largest absolute Gasteiger partial charge is 0.496 e. The number of aromatic nitrogens is 3. The highest BCUT2D eigenvalue weighted by Crippen LogP contribution is 2.38. The Kier molecular flexibility index (Phi) is 6.58. The minimum atomic E-state index is -0.0889. The lowest BCUT2D eigenvalue weighted by atomic mass is 9.69. The molecule has 0 radical (unpaired) electrons. The quantitative estimate of drug-likeness (QED) is 0.526. The van der Waals surface area contributed by atoms with Crippen LogP contribution in [-0.4, -0.2) is 34.5 Å². The van der Waals surface area contributed by atoms with Gasteiger partial charge in [0.05, 0.1) is 29.9 Å². The van der Waals surface area contributed by atoms with Crippen LogP contribution in [0.25, 0.3) is 11.0 Å². The predicted molar refractivity (Wildman–Crippen MR) is 127 cm³/mol. The maximum atomic E-state index is 12.8. The number of nitrogens with one attached hydrogen (secondary N) is 2. The van der Waals surface area contributed by atoms with E-state index in [1.807, 2.05) is 30.5 Å². The van der Waals surface area contributed by atoms with Gasteiger partial charge in [0.2, 0.25) is 0 Å². The number of amides is 1. The summed E-state index contributed by atoms with van der Waals surface area (Å²) in [6, 6.07) is 9.29. The van der Waals surface area contributed by atoms with Crippen molar-refractivity contribution in [1.82, 2.24) is 20.3 Å². The minimum Gasteiger partial charge on any atom is -0.496 e. The highest BCUT2D eigenvalue weighted by Gasteiger charge is 2.32. The van der Waals surface area contributed by atoms with Crippen LogP contribution in [-0.2, 0) is 6.42 Å². The Bertz CT molecular complexity index is 1080. The molecule has 6 nitrogen and oxygen atoms in total. The molecule has 0 fully saturated rings. The minimum absolute atomic E-state index is 0.0889. The van der Waals surface area contributed by atoms with Crippen molar-refractivity contribution in [1.29, 1.82) is 0 Å². The molecule has 0 saturated carbocycles. The summed E-state index contributed by atoms with van der Waals surface area (Å²) in [6.45, 7) is 7.39. The molecule has 1 aliphatic rings. The van der Waals surface area contributed by atoms with Gasteiger partial charge in [-0.05, 0) is 55.2 Å². The first-order valence-corrected chi connectivity index (χ1v) is 11.3. The van der Waals surface area contributed by atoms with Crippen molar-refractivity contribution in [3.63, 3.8) is 0 Å². The van der Waals surface area contributed by atoms with Crippen LogP contribution >= 0.6 is 0 Å². The van der Waals surface area contributed by atoms with Crippen LogP contribution in [0.15, 0.2) is 54.4 Å². The number of aromatic amines is 1. The number of imidazole rings is 1. The molecule has 0 bridgehead atoms. The number of ether oxygens (including phenoxy) is 1. The van der Waals surface area contributed by atoms with Gasteiger partial charge in [-0.3, -0.25) is 9.78 Å². The molecule has 1 aromatic carbocycles. The van der Waals surface area contributed by atoms with Gasteiger partial charge in [0.1, 0.15) is 11.6 Å². The third-order valence-electron chi connectivity index (χ3n) is 6.71. The summed E-state index contributed by atoms with van der Waals surface area (Å²) in [5, 5.41) is 3.14. The average Bonchev–Trinajstić information content (AvgIpc) is 3.21. The van der Waals surface area contributed by atoms with Gasteiger partial charge in [-0.2, -0.15) is 0 Å². The fourth-order valence-electron chi connectivity index (χ4n) is 4.89. The molecular weight excluding hydrogens is 400 g/mol. The highest BCUT2D eigenvalue weighted by molar-refractivity contribution is 5.96. The van der Waals surface area contributed by atoms with E-state index in [-0.39, 0.29) is 5.91 Å². The third-order valence-corrected chi connectivity index (χ3v) is 6.71. The van der Waals surface area contributed by atoms with Gasteiger partial charge in [0.25, 0.3) is 5.91 Å². The van der Waals surface area contributed by atoms with Crippen LogP contribution in [0.1, 0.15) is 43.4 Å². The number of pyridine rings is 1. The van der Waals surface area contributed by atoms with Crippen molar-refractivity contribution in [3.05, 3.63) is 65.8 Å². The van der Waals surface area contributed by atoms with Crippen LogP contribution in [0, 0.1) is 23.7 Å². The number of allylic oxidation sites excluding steroid dienone is 1. The van der Waals surface area contributed by atoms with Crippen molar-refractivity contribution in [2.24, 2.45) is 23.7 Å². The number of hydrogen-bond donors (Lipinski definition) is 2. The topological polar surface area (TPSA) is 79.9 Å². The van der Waals surface area contributed by atoms with Crippen LogP contribution in [0.4, 0.5) is 0 Å². The van der Waals surface area contributed by atoms with E-state index in [0.29, 0.717) is 41.5 Å². The number of carbonyl (C=O) groups excluding carboxylic acids is 1. The van der Waals surface area contributed by atoms with Crippen molar-refractivity contribution in [2.45, 2.75) is 33.6 Å². The maximum absolute atomic E-state index is 12.8. The molecule has 2 aromatic heterocycles. The van der Waals surface area contributed by atoms with E-state index in [4.69, 9.17) is 9.72 Å². The van der Waals surface area contributed by atoms with Gasteiger partial charge in [-0.15, -0.1) is 0 Å². The lowest BCUT2D eigenvalue weighted by Crippen LogP contribution is -2.37. The van der Waals surface area contributed by atoms with Gasteiger partial charge in [0.15, 0.2) is 0 Å². The number of hydrogen-bond acceptors (Lipinski definition) is 4. The molecule has 3 atom stereocenters. The molecule has 4 rings (SSSR count). The molecular formula is C26H32N4O2. The van der Waals surface area contributed by atoms with E-state index in [1.165, 1.54) is 5.57 Å². The number of para-hydroxylation sites is 1. The molecule has 1 aliphatic carbocycles. The number of carbonyl (C=O) groups is 1. The van der Waals surface area contributed by atoms with Gasteiger partial charge < -0.3 is 15.0 Å². The van der Waals surface area contributed by atoms with Crippen molar-refractivity contribution < 1.29 is 9.53 Å². The average molecular weight is 433 g/mol. The van der Waals surface area contributed by atoms with E-state index in [2.05, 4.69) is 42.1 Å². The van der Waals surface area contributed by atoms with Crippen molar-refractivity contribution >= 4 is 16.9 Å². The predicted octanol–water partition coefficient (Wildman–Crippen LogP) is 4.79. The number of methoxy groups -OCH3 is 1. The molecule has 2 N–H and O–H groups in total. The van der Waals surface area contributed by atoms with E-state index < -0.39 is 0 Å². The van der Waals surface area contributed by atoms with Crippen LogP contribution in [0.3, 0.4) is 0 Å². The molecule has 168 valence electrons. The van der Waals surface area contributed by atoms with Crippen molar-refractivity contribution in [2.75, 3.05) is 13.7 Å². The zero-order valence-corrected chi connectivity index (χ0v) is 19.3. The summed E-state index contributed by atoms with van der Waals surface area (Å²) in [4.78, 5) is 25.1. The number of rotatable bonds is 7. The zero-order valence-electron chi connectivity index (χ0n) is 19.3. The molecule has 6 heteroatoms. The van der Waals surface area contributed by atoms with Crippen molar-refractivity contribution in [3.8, 4) is 5.75 Å². The van der Waals surface area contributed by atoms with Gasteiger partial charge in [-0.25, -0.2) is 4.98 Å². The Hall–Kier alpha value is -3.15. The lowest BCUT2D eigenvalue weighted by Gasteiger charge is -2.37. The first-order valence-electron chi connectivity index (χ1n) is 11.3. The molecule has 0 spiro atoms. The van der Waals surface area contributed by atoms with Crippen LogP contribution in [0.5, 0.6) is 5.75 Å². The normalized spacial score (nSPS) is 20.9. The number of nitrogens with zero attached hydrogens (tertiary/aromatic N) is 2. The van der Waals surface area contributed by atoms with Crippen LogP contribution in [0.2, 0.25) is 0 Å². The smallest absolute Gasteiger partial charge is 0.255 e. The summed E-state index contributed by atoms with van der Waals surface area (Å²) in [6.07, 6.45) is 7.95. The highest BCUT2D eigenvalue weighted by atomic mass is 16.5. The Balaban J connectivity index is 1.47.